The van der Waals surface area contributed by atoms with Gasteiger partial charge in [0.25, 0.3) is 0 Å². The first-order valence-electron chi connectivity index (χ1n) is 6.20. The van der Waals surface area contributed by atoms with Gasteiger partial charge in [-0.3, -0.25) is 0 Å². The van der Waals surface area contributed by atoms with Crippen molar-refractivity contribution in [1.82, 2.24) is 5.32 Å². The number of ether oxygens (including phenoxy) is 1. The van der Waals surface area contributed by atoms with E-state index in [1.165, 1.54) is 0 Å². The Bertz CT molecular complexity index is 272. The van der Waals surface area contributed by atoms with Gasteiger partial charge in [0, 0.05) is 19.8 Å². The van der Waals surface area contributed by atoms with Crippen molar-refractivity contribution in [3.8, 4) is 0 Å². The number of aliphatic hydroxyl groups is 1. The topological polar surface area (TPSA) is 54.6 Å². The molecular weight excluding hydrogens is 218 g/mol. The Morgan fingerprint density at radius 1 is 1.47 bits per heavy atom. The number of furan rings is 1. The van der Waals surface area contributed by atoms with Crippen LogP contribution in [0.3, 0.4) is 0 Å². The lowest BCUT2D eigenvalue weighted by atomic mass is 10.2. The van der Waals surface area contributed by atoms with Crippen LogP contribution in [0.15, 0.2) is 22.8 Å². The lowest BCUT2D eigenvalue weighted by Crippen LogP contribution is -2.23. The van der Waals surface area contributed by atoms with Crippen LogP contribution in [0.25, 0.3) is 0 Å². The van der Waals surface area contributed by atoms with Gasteiger partial charge in [-0.2, -0.15) is 0 Å². The quantitative estimate of drug-likeness (QED) is 0.649. The molecule has 1 heterocycles. The fraction of sp³-hybridized carbons (Fsp3) is 0.692. The summed E-state index contributed by atoms with van der Waals surface area (Å²) in [5, 5.41) is 12.9. The molecule has 0 amide bonds. The maximum absolute atomic E-state index is 9.70. The van der Waals surface area contributed by atoms with Crippen molar-refractivity contribution >= 4 is 0 Å². The van der Waals surface area contributed by atoms with Crippen LogP contribution >= 0.6 is 0 Å². The minimum atomic E-state index is -0.568. The van der Waals surface area contributed by atoms with E-state index in [9.17, 15) is 5.11 Å². The predicted molar refractivity (Wildman–Crippen MR) is 66.8 cm³/mol. The number of nitrogens with one attached hydrogen (secondary N) is 1. The Morgan fingerprint density at radius 2 is 2.29 bits per heavy atom. The fourth-order valence-corrected chi connectivity index (χ4v) is 1.44. The maximum Gasteiger partial charge on any atom is 0.133 e. The molecule has 0 fully saturated rings. The summed E-state index contributed by atoms with van der Waals surface area (Å²) in [6.07, 6.45) is 1.96. The van der Waals surface area contributed by atoms with Crippen LogP contribution in [-0.4, -0.2) is 31.4 Å². The largest absolute Gasteiger partial charge is 0.467 e. The molecule has 1 atom stereocenters. The van der Waals surface area contributed by atoms with Crippen LogP contribution < -0.4 is 5.32 Å². The van der Waals surface area contributed by atoms with Gasteiger partial charge < -0.3 is 19.6 Å². The van der Waals surface area contributed by atoms with Crippen LogP contribution in [0.5, 0.6) is 0 Å². The zero-order valence-corrected chi connectivity index (χ0v) is 10.7. The summed E-state index contributed by atoms with van der Waals surface area (Å²) < 4.78 is 10.6. The molecular formula is C13H23NO3. The van der Waals surface area contributed by atoms with E-state index in [1.54, 1.807) is 18.4 Å². The van der Waals surface area contributed by atoms with Crippen LogP contribution in [0, 0.1) is 5.92 Å². The van der Waals surface area contributed by atoms with Gasteiger partial charge in [-0.25, -0.2) is 0 Å². The monoisotopic (exact) mass is 241 g/mol. The summed E-state index contributed by atoms with van der Waals surface area (Å²) in [5.41, 5.74) is 0. The van der Waals surface area contributed by atoms with Crippen molar-refractivity contribution in [1.29, 1.82) is 0 Å². The molecule has 0 saturated heterocycles. The molecule has 0 aromatic carbocycles. The zero-order valence-electron chi connectivity index (χ0n) is 10.7. The second-order valence-corrected chi connectivity index (χ2v) is 4.56. The van der Waals surface area contributed by atoms with Gasteiger partial charge in [-0.05, 0) is 31.0 Å². The summed E-state index contributed by atoms with van der Waals surface area (Å²) in [6.45, 7) is 7.21. The minimum Gasteiger partial charge on any atom is -0.467 e. The van der Waals surface area contributed by atoms with Crippen LogP contribution in [0.4, 0.5) is 0 Å². The first-order valence-corrected chi connectivity index (χ1v) is 6.20. The number of aliphatic hydroxyl groups excluding tert-OH is 1. The fourth-order valence-electron chi connectivity index (χ4n) is 1.44. The standard InChI is InChI=1S/C13H23NO3/c1-11(2)10-16-7-4-6-14-9-12(15)13-5-3-8-17-13/h3,5,8,11-12,14-15H,4,6-7,9-10H2,1-2H3. The van der Waals surface area contributed by atoms with E-state index >= 15 is 0 Å². The summed E-state index contributed by atoms with van der Waals surface area (Å²) in [5.74, 6) is 1.19. The molecule has 0 aliphatic carbocycles. The smallest absolute Gasteiger partial charge is 0.133 e. The van der Waals surface area contributed by atoms with Crippen LogP contribution in [0.2, 0.25) is 0 Å². The molecule has 17 heavy (non-hydrogen) atoms. The lowest BCUT2D eigenvalue weighted by molar-refractivity contribution is 0.105. The number of hydrogen-bond acceptors (Lipinski definition) is 4. The lowest BCUT2D eigenvalue weighted by Gasteiger charge is -2.10. The van der Waals surface area contributed by atoms with Gasteiger partial charge in [0.2, 0.25) is 0 Å². The van der Waals surface area contributed by atoms with E-state index < -0.39 is 6.10 Å². The van der Waals surface area contributed by atoms with Gasteiger partial charge in [0.15, 0.2) is 0 Å². The second-order valence-electron chi connectivity index (χ2n) is 4.56. The molecule has 2 N–H and O–H groups in total. The third-order valence-corrected chi connectivity index (χ3v) is 2.30. The van der Waals surface area contributed by atoms with Gasteiger partial charge in [-0.1, -0.05) is 13.8 Å². The van der Waals surface area contributed by atoms with Crippen molar-refractivity contribution in [2.75, 3.05) is 26.3 Å². The summed E-state index contributed by atoms with van der Waals surface area (Å²) >= 11 is 0. The maximum atomic E-state index is 9.70. The molecule has 1 unspecified atom stereocenters. The first kappa shape index (κ1) is 14.2. The van der Waals surface area contributed by atoms with E-state index in [-0.39, 0.29) is 0 Å². The van der Waals surface area contributed by atoms with Gasteiger partial charge in [0.05, 0.1) is 6.26 Å². The van der Waals surface area contributed by atoms with Crippen LogP contribution in [0.1, 0.15) is 32.1 Å². The highest BCUT2D eigenvalue weighted by atomic mass is 16.5. The van der Waals surface area contributed by atoms with E-state index in [1.807, 2.05) is 0 Å². The van der Waals surface area contributed by atoms with Crippen molar-refractivity contribution < 1.29 is 14.3 Å². The molecule has 1 aromatic heterocycles. The Morgan fingerprint density at radius 3 is 2.94 bits per heavy atom. The summed E-state index contributed by atoms with van der Waals surface area (Å²) in [7, 11) is 0. The molecule has 0 bridgehead atoms. The van der Waals surface area contributed by atoms with Crippen molar-refractivity contribution in [2.45, 2.75) is 26.4 Å². The van der Waals surface area contributed by atoms with Crippen LogP contribution in [-0.2, 0) is 4.74 Å². The third-order valence-electron chi connectivity index (χ3n) is 2.30. The molecule has 0 radical (unpaired) electrons. The molecule has 0 aliphatic rings. The Hall–Kier alpha value is -0.840. The average Bonchev–Trinajstić information content (AvgIpc) is 2.80. The molecule has 4 nitrogen and oxygen atoms in total. The Labute approximate surface area is 103 Å². The summed E-state index contributed by atoms with van der Waals surface area (Å²) in [6, 6.07) is 3.55. The highest BCUT2D eigenvalue weighted by molar-refractivity contribution is 5.01. The van der Waals surface area contributed by atoms with Gasteiger partial charge in [0.1, 0.15) is 11.9 Å². The Kier molecular flexibility index (Phi) is 6.93. The zero-order chi connectivity index (χ0) is 12.5. The average molecular weight is 241 g/mol. The van der Waals surface area contributed by atoms with Crippen molar-refractivity contribution in [2.24, 2.45) is 5.92 Å². The molecule has 1 rings (SSSR count). The van der Waals surface area contributed by atoms with Gasteiger partial charge >= 0.3 is 0 Å². The molecule has 4 heteroatoms. The predicted octanol–water partition coefficient (Wildman–Crippen LogP) is 1.97. The van der Waals surface area contributed by atoms with E-state index in [0.29, 0.717) is 18.2 Å². The molecule has 0 spiro atoms. The molecule has 98 valence electrons. The number of rotatable bonds is 9. The van der Waals surface area contributed by atoms with E-state index in [2.05, 4.69) is 19.2 Å². The highest BCUT2D eigenvalue weighted by Crippen LogP contribution is 2.11. The first-order chi connectivity index (χ1) is 8.20. The molecule has 1 aromatic rings. The number of hydrogen-bond donors (Lipinski definition) is 2. The van der Waals surface area contributed by atoms with E-state index in [4.69, 9.17) is 9.15 Å². The van der Waals surface area contributed by atoms with E-state index in [0.717, 1.165) is 26.2 Å². The van der Waals surface area contributed by atoms with Crippen molar-refractivity contribution in [3.05, 3.63) is 24.2 Å². The molecule has 0 aliphatic heterocycles. The minimum absolute atomic E-state index is 0.512. The second kappa shape index (κ2) is 8.28. The van der Waals surface area contributed by atoms with Crippen molar-refractivity contribution in [3.63, 3.8) is 0 Å². The Balaban J connectivity index is 1.94. The molecule has 0 saturated carbocycles. The normalized spacial score (nSPS) is 13.2. The SMILES string of the molecule is CC(C)COCCCNCC(O)c1ccco1. The third kappa shape index (κ3) is 6.46. The highest BCUT2D eigenvalue weighted by Gasteiger charge is 2.08. The van der Waals surface area contributed by atoms with Gasteiger partial charge in [-0.15, -0.1) is 0 Å². The summed E-state index contributed by atoms with van der Waals surface area (Å²) in [4.78, 5) is 0.